The summed E-state index contributed by atoms with van der Waals surface area (Å²) in [7, 11) is -1.52. The van der Waals surface area contributed by atoms with E-state index in [1.807, 2.05) is 0 Å². The van der Waals surface area contributed by atoms with Gasteiger partial charge in [-0.05, 0) is 89.2 Å². The minimum Gasteiger partial charge on any atom is -0.310 e. The van der Waals surface area contributed by atoms with Gasteiger partial charge >= 0.3 is 0 Å². The molecule has 0 bridgehead atoms. The Hall–Kier alpha value is -5.38. The molecule has 0 aliphatic heterocycles. The zero-order valence-electron chi connectivity index (χ0n) is 29.8. The van der Waals surface area contributed by atoms with E-state index in [0.29, 0.717) is 0 Å². The van der Waals surface area contributed by atoms with E-state index in [0.717, 1.165) is 0 Å². The maximum absolute atomic E-state index is 2.49. The van der Waals surface area contributed by atoms with E-state index in [2.05, 4.69) is 195 Å². The van der Waals surface area contributed by atoms with Crippen molar-refractivity contribution >= 4 is 62.9 Å². The fourth-order valence-corrected chi connectivity index (χ4v) is 9.49. The number of hydrogen-bond acceptors (Lipinski definition) is 1. The Morgan fingerprint density at radius 1 is 0.520 bits per heavy atom. The second-order valence-corrected chi connectivity index (χ2v) is 20.6. The first-order valence-corrected chi connectivity index (χ1v) is 21.3. The lowest BCUT2D eigenvalue weighted by Gasteiger charge is -2.29. The Bertz CT molecular complexity index is 2560. The van der Waals surface area contributed by atoms with Gasteiger partial charge in [-0.3, -0.25) is 0 Å². The van der Waals surface area contributed by atoms with Crippen LogP contribution >= 0.6 is 0 Å². The highest BCUT2D eigenvalue weighted by molar-refractivity contribution is 6.88. The number of fused-ring (bicyclic) bond motifs is 8. The summed E-state index contributed by atoms with van der Waals surface area (Å²) in [6, 6.07) is 54.5. The molecule has 0 saturated heterocycles. The molecule has 1 aliphatic rings. The lowest BCUT2D eigenvalue weighted by molar-refractivity contribution is 0.660. The van der Waals surface area contributed by atoms with Gasteiger partial charge in [-0.15, -0.1) is 0 Å². The predicted octanol–water partition coefficient (Wildman–Crippen LogP) is 12.6. The molecule has 244 valence electrons. The van der Waals surface area contributed by atoms with Gasteiger partial charge in [0.1, 0.15) is 0 Å². The van der Waals surface area contributed by atoms with Crippen LogP contribution in [0.3, 0.4) is 0 Å². The summed E-state index contributed by atoms with van der Waals surface area (Å²) in [5, 5.41) is 6.61. The van der Waals surface area contributed by atoms with Crippen LogP contribution in [0.2, 0.25) is 19.6 Å². The first-order valence-electron chi connectivity index (χ1n) is 17.8. The van der Waals surface area contributed by atoms with E-state index < -0.39 is 8.07 Å². The Morgan fingerprint density at radius 2 is 1.10 bits per heavy atom. The van der Waals surface area contributed by atoms with E-state index in [4.69, 9.17) is 0 Å². The van der Waals surface area contributed by atoms with Gasteiger partial charge in [0.15, 0.2) is 0 Å². The normalized spacial score (nSPS) is 13.6. The Kier molecular flexibility index (Phi) is 6.78. The van der Waals surface area contributed by atoms with Crippen LogP contribution in [0, 0.1) is 6.92 Å². The average molecular weight is 663 g/mol. The molecule has 50 heavy (non-hydrogen) atoms. The van der Waals surface area contributed by atoms with Crippen molar-refractivity contribution in [1.29, 1.82) is 0 Å². The van der Waals surface area contributed by atoms with Gasteiger partial charge in [0.05, 0.1) is 24.8 Å². The molecular weight excluding hydrogens is 621 g/mol. The van der Waals surface area contributed by atoms with Gasteiger partial charge in [-0.25, -0.2) is 0 Å². The molecule has 0 radical (unpaired) electrons. The highest BCUT2D eigenvalue weighted by Crippen LogP contribution is 2.54. The summed E-state index contributed by atoms with van der Waals surface area (Å²) in [4.78, 5) is 2.45. The van der Waals surface area contributed by atoms with Gasteiger partial charge in [-0.1, -0.05) is 135 Å². The van der Waals surface area contributed by atoms with Crippen LogP contribution in [-0.2, 0) is 5.41 Å². The van der Waals surface area contributed by atoms with Crippen molar-refractivity contribution in [1.82, 2.24) is 4.57 Å². The molecular formula is C47H42N2Si. The Balaban J connectivity index is 1.27. The van der Waals surface area contributed by atoms with Crippen LogP contribution in [0.1, 0.15) is 30.5 Å². The molecule has 0 unspecified atom stereocenters. The third-order valence-corrected chi connectivity index (χ3v) is 13.0. The third kappa shape index (κ3) is 4.60. The predicted molar refractivity (Wildman–Crippen MR) is 218 cm³/mol. The van der Waals surface area contributed by atoms with E-state index in [1.165, 1.54) is 88.3 Å². The van der Waals surface area contributed by atoms with Crippen LogP contribution in [0.4, 0.5) is 17.1 Å². The van der Waals surface area contributed by atoms with Crippen molar-refractivity contribution in [2.75, 3.05) is 4.90 Å². The molecule has 1 aromatic heterocycles. The van der Waals surface area contributed by atoms with Gasteiger partial charge < -0.3 is 9.47 Å². The number of aromatic nitrogens is 1. The number of hydrogen-bond donors (Lipinski definition) is 0. The third-order valence-electron chi connectivity index (χ3n) is 11.0. The van der Waals surface area contributed by atoms with Crippen LogP contribution in [0.5, 0.6) is 0 Å². The number of anilines is 3. The molecule has 9 rings (SSSR count). The molecule has 0 amide bonds. The topological polar surface area (TPSA) is 8.17 Å². The lowest BCUT2D eigenvalue weighted by atomic mass is 9.81. The molecule has 1 aliphatic carbocycles. The van der Waals surface area contributed by atoms with Crippen LogP contribution in [-0.4, -0.2) is 12.6 Å². The van der Waals surface area contributed by atoms with E-state index in [-0.39, 0.29) is 5.41 Å². The van der Waals surface area contributed by atoms with Gasteiger partial charge in [0.25, 0.3) is 0 Å². The number of aryl methyl sites for hydroxylation is 1. The smallest absolute Gasteiger partial charge is 0.0776 e. The maximum atomic E-state index is 2.49. The largest absolute Gasteiger partial charge is 0.310 e. The lowest BCUT2D eigenvalue weighted by Crippen LogP contribution is -2.37. The summed E-state index contributed by atoms with van der Waals surface area (Å²) in [6.45, 7) is 14.3. The fraction of sp³-hybridized carbons (Fsp3) is 0.149. The number of para-hydroxylation sites is 2. The number of rotatable bonds is 5. The molecule has 3 heteroatoms. The molecule has 2 nitrogen and oxygen atoms in total. The minimum atomic E-state index is -1.52. The monoisotopic (exact) mass is 662 g/mol. The van der Waals surface area contributed by atoms with Crippen molar-refractivity contribution < 1.29 is 0 Å². The Morgan fingerprint density at radius 3 is 1.76 bits per heavy atom. The second-order valence-electron chi connectivity index (χ2n) is 15.6. The van der Waals surface area contributed by atoms with Crippen molar-refractivity contribution in [2.24, 2.45) is 0 Å². The second kappa shape index (κ2) is 11.1. The molecule has 1 heterocycles. The van der Waals surface area contributed by atoms with E-state index in [1.54, 1.807) is 0 Å². The zero-order valence-corrected chi connectivity index (χ0v) is 30.8. The number of nitrogens with zero attached hydrogens (tertiary/aromatic N) is 2. The molecule has 0 spiro atoms. The summed E-state index contributed by atoms with van der Waals surface area (Å²) in [5.41, 5.74) is 13.8. The number of benzene rings is 7. The fourth-order valence-electron chi connectivity index (χ4n) is 8.31. The standard InChI is InChI=1S/C47H42N2Si/c1-31-22-24-32(25-23-31)48(33-14-13-15-35(28-33)50(4,5)6)34-26-27-40-41(29-34)47(2,3)42-30-45(38-18-7-8-19-39(38)46(40)42)49-43-20-11-9-16-36(43)37-17-10-12-21-44(37)49/h7-30H,1-6H3. The summed E-state index contributed by atoms with van der Waals surface area (Å²) >= 11 is 0. The zero-order chi connectivity index (χ0) is 34.4. The average Bonchev–Trinajstić information content (AvgIpc) is 3.57. The first kappa shape index (κ1) is 30.7. The van der Waals surface area contributed by atoms with Crippen LogP contribution in [0.25, 0.3) is 49.4 Å². The summed E-state index contributed by atoms with van der Waals surface area (Å²) < 4.78 is 2.49. The minimum absolute atomic E-state index is 0.211. The van der Waals surface area contributed by atoms with Crippen molar-refractivity contribution in [3.05, 3.63) is 162 Å². The van der Waals surface area contributed by atoms with Crippen molar-refractivity contribution in [2.45, 2.75) is 45.8 Å². The van der Waals surface area contributed by atoms with Gasteiger partial charge in [-0.2, -0.15) is 0 Å². The first-order chi connectivity index (χ1) is 24.1. The summed E-state index contributed by atoms with van der Waals surface area (Å²) in [5.74, 6) is 0. The highest BCUT2D eigenvalue weighted by atomic mass is 28.3. The van der Waals surface area contributed by atoms with Crippen LogP contribution in [0.15, 0.2) is 146 Å². The molecule has 0 atom stereocenters. The molecule has 0 fully saturated rings. The van der Waals surface area contributed by atoms with Gasteiger partial charge in [0.2, 0.25) is 0 Å². The van der Waals surface area contributed by atoms with Crippen molar-refractivity contribution in [3.8, 4) is 16.8 Å². The molecule has 7 aromatic carbocycles. The highest BCUT2D eigenvalue weighted by Gasteiger charge is 2.38. The van der Waals surface area contributed by atoms with Crippen LogP contribution < -0.4 is 10.1 Å². The van der Waals surface area contributed by atoms with Crippen molar-refractivity contribution in [3.63, 3.8) is 0 Å². The SMILES string of the molecule is Cc1ccc(N(c2cccc([Si](C)(C)C)c2)c2ccc3c(c2)C(C)(C)c2cc(-n4c5ccccc5c5ccccc54)c4ccccc4c2-3)cc1. The summed E-state index contributed by atoms with van der Waals surface area (Å²) in [6.07, 6.45) is 0. The van der Waals surface area contributed by atoms with Gasteiger partial charge in [0, 0.05) is 38.6 Å². The molecule has 8 aromatic rings. The Labute approximate surface area is 296 Å². The molecule has 0 saturated carbocycles. The van der Waals surface area contributed by atoms with E-state index >= 15 is 0 Å². The quantitative estimate of drug-likeness (QED) is 0.167. The van der Waals surface area contributed by atoms with E-state index in [9.17, 15) is 0 Å². The molecule has 0 N–H and O–H groups in total. The maximum Gasteiger partial charge on any atom is 0.0776 e.